The second kappa shape index (κ2) is 5.21. The first-order chi connectivity index (χ1) is 11.1. The zero-order valence-electron chi connectivity index (χ0n) is 14.1. The number of hydrogen-bond donors (Lipinski definition) is 0. The van der Waals surface area contributed by atoms with Gasteiger partial charge in [0.05, 0.1) is 0 Å². The van der Waals surface area contributed by atoms with Crippen LogP contribution in [0.3, 0.4) is 0 Å². The zero-order valence-corrected chi connectivity index (χ0v) is 14.1. The quantitative estimate of drug-likeness (QED) is 0.597. The molecule has 0 saturated heterocycles. The van der Waals surface area contributed by atoms with E-state index in [9.17, 15) is 0 Å². The van der Waals surface area contributed by atoms with Crippen molar-refractivity contribution in [2.24, 2.45) is 0 Å². The first-order valence-corrected chi connectivity index (χ1v) is 8.36. The first-order valence-electron chi connectivity index (χ1n) is 8.36. The van der Waals surface area contributed by atoms with Crippen LogP contribution in [0.5, 0.6) is 0 Å². The van der Waals surface area contributed by atoms with E-state index in [4.69, 9.17) is 0 Å². The summed E-state index contributed by atoms with van der Waals surface area (Å²) in [6.07, 6.45) is 0. The highest BCUT2D eigenvalue weighted by molar-refractivity contribution is 5.88. The van der Waals surface area contributed by atoms with Gasteiger partial charge >= 0.3 is 0 Å². The summed E-state index contributed by atoms with van der Waals surface area (Å²) < 4.78 is 0. The van der Waals surface area contributed by atoms with E-state index in [1.807, 2.05) is 0 Å². The molecule has 1 atom stereocenters. The molecule has 0 radical (unpaired) electrons. The summed E-state index contributed by atoms with van der Waals surface area (Å²) in [5.74, 6) is 0.378. The Morgan fingerprint density at radius 3 is 2.35 bits per heavy atom. The van der Waals surface area contributed by atoms with E-state index in [1.165, 1.54) is 27.5 Å². The predicted octanol–water partition coefficient (Wildman–Crippen LogP) is 5.20. The Labute approximate surface area is 138 Å². The third-order valence-electron chi connectivity index (χ3n) is 5.58. The van der Waals surface area contributed by atoms with Crippen molar-refractivity contribution in [1.29, 1.82) is 0 Å². The fraction of sp³-hybridized carbons (Fsp3) is 0.273. The van der Waals surface area contributed by atoms with E-state index in [0.29, 0.717) is 5.92 Å². The van der Waals surface area contributed by atoms with Crippen molar-refractivity contribution in [3.05, 3.63) is 83.4 Å². The average Bonchev–Trinajstić information content (AvgIpc) is 2.56. The monoisotopic (exact) mass is 301 g/mol. The van der Waals surface area contributed by atoms with E-state index >= 15 is 0 Å². The highest BCUT2D eigenvalue weighted by Crippen LogP contribution is 2.46. The van der Waals surface area contributed by atoms with Crippen LogP contribution in [0.1, 0.15) is 36.5 Å². The van der Waals surface area contributed by atoms with Gasteiger partial charge in [0.15, 0.2) is 0 Å². The molecule has 23 heavy (non-hydrogen) atoms. The molecule has 0 N–H and O–H groups in total. The lowest BCUT2D eigenvalue weighted by Gasteiger charge is -2.48. The number of benzene rings is 3. The summed E-state index contributed by atoms with van der Waals surface area (Å²) in [6.45, 7) is 5.75. The standard InChI is InChI=1S/C22H23N/c1-22(2)21(17-10-5-4-6-11-17)20-18(15-23(22)3)14-13-16-9-7-8-12-19(16)20/h4-14,21H,15H2,1-3H3. The van der Waals surface area contributed by atoms with Gasteiger partial charge in [-0.2, -0.15) is 0 Å². The number of likely N-dealkylation sites (N-methyl/N-ethyl adjacent to an activating group) is 1. The lowest BCUT2D eigenvalue weighted by Crippen LogP contribution is -2.49. The normalized spacial score (nSPS) is 20.4. The van der Waals surface area contributed by atoms with Crippen molar-refractivity contribution in [2.75, 3.05) is 7.05 Å². The minimum atomic E-state index is 0.0818. The maximum Gasteiger partial charge on any atom is 0.0278 e. The average molecular weight is 301 g/mol. The molecule has 1 heteroatoms. The van der Waals surface area contributed by atoms with Gasteiger partial charge in [-0.1, -0.05) is 66.7 Å². The number of hydrogen-bond acceptors (Lipinski definition) is 1. The molecule has 1 nitrogen and oxygen atoms in total. The van der Waals surface area contributed by atoms with Crippen molar-refractivity contribution >= 4 is 10.8 Å². The Bertz CT molecular complexity index is 848. The largest absolute Gasteiger partial charge is 0.296 e. The molecule has 1 aliphatic heterocycles. The molecule has 0 aliphatic carbocycles. The Kier molecular flexibility index (Phi) is 3.28. The Hall–Kier alpha value is -2.12. The molecule has 1 heterocycles. The second-order valence-electron chi connectivity index (χ2n) is 7.21. The van der Waals surface area contributed by atoms with Gasteiger partial charge in [-0.05, 0) is 48.4 Å². The van der Waals surface area contributed by atoms with E-state index in [-0.39, 0.29) is 5.54 Å². The van der Waals surface area contributed by atoms with Crippen LogP contribution in [-0.2, 0) is 6.54 Å². The molecule has 0 bridgehead atoms. The molecule has 116 valence electrons. The van der Waals surface area contributed by atoms with Gasteiger partial charge in [-0.25, -0.2) is 0 Å². The SMILES string of the molecule is CN1Cc2ccc3ccccc3c2C(c2ccccc2)C1(C)C. The van der Waals surface area contributed by atoms with E-state index in [0.717, 1.165) is 6.54 Å². The van der Waals surface area contributed by atoms with Crippen molar-refractivity contribution in [3.8, 4) is 0 Å². The van der Waals surface area contributed by atoms with Crippen LogP contribution in [0.4, 0.5) is 0 Å². The molecule has 4 rings (SSSR count). The second-order valence-corrected chi connectivity index (χ2v) is 7.21. The van der Waals surface area contributed by atoms with Crippen LogP contribution < -0.4 is 0 Å². The Morgan fingerprint density at radius 2 is 1.57 bits per heavy atom. The van der Waals surface area contributed by atoms with Crippen LogP contribution in [0, 0.1) is 0 Å². The van der Waals surface area contributed by atoms with Gasteiger partial charge in [0, 0.05) is 18.0 Å². The van der Waals surface area contributed by atoms with Crippen LogP contribution in [0.2, 0.25) is 0 Å². The van der Waals surface area contributed by atoms with Crippen molar-refractivity contribution in [1.82, 2.24) is 4.90 Å². The molecular formula is C22H23N. The molecule has 1 aliphatic rings. The fourth-order valence-corrected chi connectivity index (χ4v) is 4.07. The topological polar surface area (TPSA) is 3.24 Å². The maximum atomic E-state index is 2.49. The van der Waals surface area contributed by atoms with Gasteiger partial charge in [-0.15, -0.1) is 0 Å². The highest BCUT2D eigenvalue weighted by Gasteiger charge is 2.41. The Morgan fingerprint density at radius 1 is 0.870 bits per heavy atom. The summed E-state index contributed by atoms with van der Waals surface area (Å²) in [7, 11) is 2.24. The molecule has 0 saturated carbocycles. The summed E-state index contributed by atoms with van der Waals surface area (Å²) in [6, 6.07) is 24.4. The summed E-state index contributed by atoms with van der Waals surface area (Å²) in [5, 5.41) is 2.74. The maximum absolute atomic E-state index is 2.49. The van der Waals surface area contributed by atoms with Gasteiger partial charge < -0.3 is 0 Å². The Balaban J connectivity index is 2.06. The minimum absolute atomic E-state index is 0.0818. The summed E-state index contributed by atoms with van der Waals surface area (Å²) in [4.78, 5) is 2.49. The summed E-state index contributed by atoms with van der Waals surface area (Å²) in [5.41, 5.74) is 4.46. The number of rotatable bonds is 1. The van der Waals surface area contributed by atoms with Crippen LogP contribution in [0.15, 0.2) is 66.7 Å². The lowest BCUT2D eigenvalue weighted by atomic mass is 9.70. The van der Waals surface area contributed by atoms with Crippen LogP contribution in [0.25, 0.3) is 10.8 Å². The third kappa shape index (κ3) is 2.19. The van der Waals surface area contributed by atoms with Crippen molar-refractivity contribution in [3.63, 3.8) is 0 Å². The number of nitrogens with zero attached hydrogens (tertiary/aromatic N) is 1. The molecular weight excluding hydrogens is 278 g/mol. The van der Waals surface area contributed by atoms with Gasteiger partial charge in [0.25, 0.3) is 0 Å². The smallest absolute Gasteiger partial charge is 0.0278 e. The molecule has 0 amide bonds. The summed E-state index contributed by atoms with van der Waals surface area (Å²) >= 11 is 0. The number of fused-ring (bicyclic) bond motifs is 3. The van der Waals surface area contributed by atoms with E-state index in [1.54, 1.807) is 0 Å². The van der Waals surface area contributed by atoms with Gasteiger partial charge in [0.2, 0.25) is 0 Å². The fourth-order valence-electron chi connectivity index (χ4n) is 4.07. The van der Waals surface area contributed by atoms with Crippen molar-refractivity contribution < 1.29 is 0 Å². The molecule has 1 unspecified atom stereocenters. The van der Waals surface area contributed by atoms with Gasteiger partial charge in [-0.3, -0.25) is 4.90 Å². The highest BCUT2D eigenvalue weighted by atomic mass is 15.2. The molecule has 0 fully saturated rings. The zero-order chi connectivity index (χ0) is 16.0. The minimum Gasteiger partial charge on any atom is -0.296 e. The van der Waals surface area contributed by atoms with Crippen LogP contribution in [-0.4, -0.2) is 17.5 Å². The van der Waals surface area contributed by atoms with E-state index in [2.05, 4.69) is 92.5 Å². The molecule has 3 aromatic carbocycles. The van der Waals surface area contributed by atoms with Crippen molar-refractivity contribution in [2.45, 2.75) is 31.8 Å². The molecule has 0 spiro atoms. The lowest BCUT2D eigenvalue weighted by molar-refractivity contribution is 0.114. The predicted molar refractivity (Wildman–Crippen MR) is 97.8 cm³/mol. The van der Waals surface area contributed by atoms with E-state index < -0.39 is 0 Å². The molecule has 3 aromatic rings. The van der Waals surface area contributed by atoms with Gasteiger partial charge in [0.1, 0.15) is 0 Å². The van der Waals surface area contributed by atoms with Crippen LogP contribution >= 0.6 is 0 Å². The molecule has 0 aromatic heterocycles. The first kappa shape index (κ1) is 14.5. The third-order valence-corrected chi connectivity index (χ3v) is 5.58.